The molecule has 2 N–H and O–H groups in total. The highest BCUT2D eigenvalue weighted by molar-refractivity contribution is 8.00. The van der Waals surface area contributed by atoms with Crippen molar-refractivity contribution in [3.63, 3.8) is 0 Å². The molecule has 248 valence electrons. The first kappa shape index (κ1) is 35.8. The lowest BCUT2D eigenvalue weighted by molar-refractivity contribution is -0.385. The van der Waals surface area contributed by atoms with Gasteiger partial charge in [0.2, 0.25) is 0 Å². The van der Waals surface area contributed by atoms with E-state index in [2.05, 4.69) is 13.8 Å². The Hall–Kier alpha value is -4.05. The number of hydrogen-bond donors (Lipinski definition) is 2. The summed E-state index contributed by atoms with van der Waals surface area (Å²) in [5.74, 6) is 0. The molecule has 4 unspecified atom stereocenters. The van der Waals surface area contributed by atoms with Gasteiger partial charge in [-0.25, -0.2) is 0 Å². The standard InChI is InChI=1S/C38H44N2O6S/c1-3-5-7-15-35(41)29-11-9-13-31(25-29)37(27-17-21-33(22-18-27)39(43)44)47-38(28-19-23-34(24-20-28)40(45)46)32-14-10-12-30(26-32)36(42)16-8-6-4-2/h9-14,17-26,35-38,41-42H,3-8,15-16H2,1-2H3. The van der Waals surface area contributed by atoms with Gasteiger partial charge in [-0.1, -0.05) is 125 Å². The fourth-order valence-corrected chi connectivity index (χ4v) is 7.25. The highest BCUT2D eigenvalue weighted by Gasteiger charge is 2.26. The molecule has 47 heavy (non-hydrogen) atoms. The number of non-ortho nitro benzene ring substituents is 2. The van der Waals surface area contributed by atoms with Crippen molar-refractivity contribution in [2.75, 3.05) is 0 Å². The Morgan fingerprint density at radius 3 is 1.26 bits per heavy atom. The number of hydrogen-bond acceptors (Lipinski definition) is 7. The maximum Gasteiger partial charge on any atom is 0.269 e. The van der Waals surface area contributed by atoms with Gasteiger partial charge in [0.1, 0.15) is 0 Å². The van der Waals surface area contributed by atoms with E-state index in [1.54, 1.807) is 36.0 Å². The van der Waals surface area contributed by atoms with Crippen molar-refractivity contribution in [3.8, 4) is 0 Å². The Morgan fingerprint density at radius 1 is 0.553 bits per heavy atom. The summed E-state index contributed by atoms with van der Waals surface area (Å²) in [6.45, 7) is 4.26. The first-order chi connectivity index (χ1) is 22.7. The molecule has 0 aliphatic heterocycles. The van der Waals surface area contributed by atoms with E-state index in [4.69, 9.17) is 0 Å². The minimum absolute atomic E-state index is 0.00530. The molecule has 0 fully saturated rings. The van der Waals surface area contributed by atoms with E-state index in [1.165, 1.54) is 24.3 Å². The Bertz CT molecular complexity index is 1480. The quantitative estimate of drug-likeness (QED) is 0.0620. The zero-order chi connectivity index (χ0) is 33.8. The highest BCUT2D eigenvalue weighted by atomic mass is 32.2. The molecule has 9 heteroatoms. The van der Waals surface area contributed by atoms with Crippen LogP contribution in [-0.4, -0.2) is 20.1 Å². The van der Waals surface area contributed by atoms with Gasteiger partial charge in [0.25, 0.3) is 11.4 Å². The predicted molar refractivity (Wildman–Crippen MR) is 189 cm³/mol. The summed E-state index contributed by atoms with van der Waals surface area (Å²) in [7, 11) is 0. The van der Waals surface area contributed by atoms with Crippen molar-refractivity contribution >= 4 is 23.1 Å². The summed E-state index contributed by atoms with van der Waals surface area (Å²) in [6.07, 6.45) is 6.15. The Balaban J connectivity index is 1.80. The molecule has 4 aromatic rings. The third-order valence-corrected chi connectivity index (χ3v) is 10.1. The number of thioether (sulfide) groups is 1. The van der Waals surface area contributed by atoms with Crippen LogP contribution in [0, 0.1) is 20.2 Å². The summed E-state index contributed by atoms with van der Waals surface area (Å²) < 4.78 is 0. The molecule has 0 spiro atoms. The van der Waals surface area contributed by atoms with Crippen LogP contribution in [0.3, 0.4) is 0 Å². The van der Waals surface area contributed by atoms with Gasteiger partial charge in [-0.3, -0.25) is 20.2 Å². The molecule has 4 atom stereocenters. The predicted octanol–water partition coefficient (Wildman–Crippen LogP) is 10.3. The van der Waals surface area contributed by atoms with Gasteiger partial charge in [-0.15, -0.1) is 11.8 Å². The summed E-state index contributed by atoms with van der Waals surface area (Å²) in [4.78, 5) is 22.1. The van der Waals surface area contributed by atoms with Gasteiger partial charge in [0.05, 0.1) is 32.6 Å². The third kappa shape index (κ3) is 9.97. The Morgan fingerprint density at radius 2 is 0.915 bits per heavy atom. The average Bonchev–Trinajstić information content (AvgIpc) is 3.09. The zero-order valence-electron chi connectivity index (χ0n) is 27.0. The second-order valence-corrected chi connectivity index (χ2v) is 13.2. The van der Waals surface area contributed by atoms with Crippen LogP contribution >= 0.6 is 11.8 Å². The molecule has 0 aliphatic rings. The normalized spacial score (nSPS) is 13.9. The molecule has 0 saturated heterocycles. The van der Waals surface area contributed by atoms with Crippen LogP contribution in [0.1, 0.15) is 121 Å². The molecule has 0 amide bonds. The van der Waals surface area contributed by atoms with E-state index in [-0.39, 0.29) is 21.9 Å². The van der Waals surface area contributed by atoms with Gasteiger partial charge in [0, 0.05) is 24.3 Å². The number of rotatable bonds is 18. The number of unbranched alkanes of at least 4 members (excludes halogenated alkanes) is 4. The summed E-state index contributed by atoms with van der Waals surface area (Å²) in [6, 6.07) is 28.8. The fourth-order valence-electron chi connectivity index (χ4n) is 5.74. The largest absolute Gasteiger partial charge is 0.388 e. The summed E-state index contributed by atoms with van der Waals surface area (Å²) in [5, 5.41) is 44.4. The lowest BCUT2D eigenvalue weighted by Gasteiger charge is -2.26. The van der Waals surface area contributed by atoms with Crippen molar-refractivity contribution < 1.29 is 20.1 Å². The van der Waals surface area contributed by atoms with Crippen LogP contribution in [0.5, 0.6) is 0 Å². The van der Waals surface area contributed by atoms with Crippen molar-refractivity contribution in [1.29, 1.82) is 0 Å². The van der Waals surface area contributed by atoms with Gasteiger partial charge in [-0.05, 0) is 46.2 Å². The second kappa shape index (κ2) is 17.8. The topological polar surface area (TPSA) is 127 Å². The minimum atomic E-state index is -0.611. The van der Waals surface area contributed by atoms with E-state index in [1.807, 2.05) is 48.5 Å². The Labute approximate surface area is 281 Å². The van der Waals surface area contributed by atoms with Crippen molar-refractivity contribution in [2.45, 2.75) is 87.9 Å². The van der Waals surface area contributed by atoms with E-state index < -0.39 is 22.1 Å². The summed E-state index contributed by atoms with van der Waals surface area (Å²) in [5.41, 5.74) is 5.17. The van der Waals surface area contributed by atoms with E-state index in [0.717, 1.165) is 71.9 Å². The first-order valence-electron chi connectivity index (χ1n) is 16.4. The van der Waals surface area contributed by atoms with Gasteiger partial charge in [0.15, 0.2) is 0 Å². The molecule has 0 aliphatic carbocycles. The van der Waals surface area contributed by atoms with Gasteiger partial charge >= 0.3 is 0 Å². The van der Waals surface area contributed by atoms with Crippen LogP contribution in [0.15, 0.2) is 97.1 Å². The number of aliphatic hydroxyl groups excluding tert-OH is 2. The van der Waals surface area contributed by atoms with Gasteiger partial charge in [-0.2, -0.15) is 0 Å². The van der Waals surface area contributed by atoms with Crippen molar-refractivity contribution in [2.24, 2.45) is 0 Å². The van der Waals surface area contributed by atoms with E-state index in [9.17, 15) is 30.4 Å². The SMILES string of the molecule is CCCCCC(O)c1cccc(C(SC(c2ccc([N+](=O)[O-])cc2)c2cccc(C(O)CCCCC)c2)c2ccc([N+](=O)[O-])cc2)c1. The number of nitro groups is 2. The van der Waals surface area contributed by atoms with Gasteiger partial charge < -0.3 is 10.2 Å². The van der Waals surface area contributed by atoms with E-state index in [0.29, 0.717) is 12.8 Å². The third-order valence-electron chi connectivity index (χ3n) is 8.44. The lowest BCUT2D eigenvalue weighted by Crippen LogP contribution is -2.07. The number of nitro benzene ring substituents is 2. The van der Waals surface area contributed by atoms with Crippen LogP contribution in [0.2, 0.25) is 0 Å². The molecule has 0 heterocycles. The summed E-state index contributed by atoms with van der Waals surface area (Å²) >= 11 is 1.61. The highest BCUT2D eigenvalue weighted by Crippen LogP contribution is 2.49. The van der Waals surface area contributed by atoms with Crippen LogP contribution in [0.4, 0.5) is 11.4 Å². The minimum Gasteiger partial charge on any atom is -0.388 e. The molecule has 4 aromatic carbocycles. The van der Waals surface area contributed by atoms with Crippen molar-refractivity contribution in [1.82, 2.24) is 0 Å². The maximum atomic E-state index is 11.5. The maximum absolute atomic E-state index is 11.5. The Kier molecular flexibility index (Phi) is 13.5. The molecule has 0 aromatic heterocycles. The molecule has 4 rings (SSSR count). The number of nitrogens with zero attached hydrogens (tertiary/aromatic N) is 2. The molecule has 0 radical (unpaired) electrons. The monoisotopic (exact) mass is 656 g/mol. The molecule has 8 nitrogen and oxygen atoms in total. The van der Waals surface area contributed by atoms with Crippen molar-refractivity contribution in [3.05, 3.63) is 151 Å². The zero-order valence-corrected chi connectivity index (χ0v) is 27.9. The number of benzene rings is 4. The van der Waals surface area contributed by atoms with Crippen LogP contribution in [-0.2, 0) is 0 Å². The molecule has 0 saturated carbocycles. The van der Waals surface area contributed by atoms with Crippen LogP contribution in [0.25, 0.3) is 0 Å². The van der Waals surface area contributed by atoms with E-state index >= 15 is 0 Å². The molecular weight excluding hydrogens is 612 g/mol. The molecule has 0 bridgehead atoms. The number of aliphatic hydroxyl groups is 2. The lowest BCUT2D eigenvalue weighted by atomic mass is 9.97. The smallest absolute Gasteiger partial charge is 0.269 e. The fraction of sp³-hybridized carbons (Fsp3) is 0.368. The first-order valence-corrected chi connectivity index (χ1v) is 17.4. The molecular formula is C38H44N2O6S. The average molecular weight is 657 g/mol. The van der Waals surface area contributed by atoms with Crippen LogP contribution < -0.4 is 0 Å². The second-order valence-electron chi connectivity index (χ2n) is 12.0.